The van der Waals surface area contributed by atoms with Crippen LogP contribution >= 0.6 is 0 Å². The van der Waals surface area contributed by atoms with E-state index in [9.17, 15) is 8.78 Å². The first-order valence-corrected chi connectivity index (χ1v) is 5.55. The highest BCUT2D eigenvalue weighted by atomic mass is 19.3. The lowest BCUT2D eigenvalue weighted by Gasteiger charge is -2.17. The Balaban J connectivity index is 2.28. The number of halogens is 2. The van der Waals surface area contributed by atoms with Crippen LogP contribution < -0.4 is 10.6 Å². The summed E-state index contributed by atoms with van der Waals surface area (Å²) in [6.07, 6.45) is -1.57. The SMILES string of the molecule is CCN1CCc2cc(C(N)C(F)F)ccc21. The van der Waals surface area contributed by atoms with Gasteiger partial charge >= 0.3 is 0 Å². The molecule has 0 saturated heterocycles. The second-order valence-corrected chi connectivity index (χ2v) is 4.08. The fraction of sp³-hybridized carbons (Fsp3) is 0.500. The van der Waals surface area contributed by atoms with Crippen LogP contribution in [0.3, 0.4) is 0 Å². The average molecular weight is 226 g/mol. The van der Waals surface area contributed by atoms with Gasteiger partial charge in [0.1, 0.15) is 0 Å². The van der Waals surface area contributed by atoms with E-state index in [-0.39, 0.29) is 0 Å². The molecule has 1 aromatic carbocycles. The predicted molar refractivity (Wildman–Crippen MR) is 61.0 cm³/mol. The van der Waals surface area contributed by atoms with E-state index in [1.165, 1.54) is 0 Å². The van der Waals surface area contributed by atoms with Gasteiger partial charge in [0, 0.05) is 18.8 Å². The minimum Gasteiger partial charge on any atom is -0.371 e. The quantitative estimate of drug-likeness (QED) is 0.857. The van der Waals surface area contributed by atoms with E-state index in [4.69, 9.17) is 5.73 Å². The lowest BCUT2D eigenvalue weighted by molar-refractivity contribution is 0.116. The number of rotatable bonds is 3. The van der Waals surface area contributed by atoms with Crippen LogP contribution in [0.25, 0.3) is 0 Å². The van der Waals surface area contributed by atoms with Gasteiger partial charge in [-0.25, -0.2) is 8.78 Å². The van der Waals surface area contributed by atoms with Gasteiger partial charge in [-0.2, -0.15) is 0 Å². The summed E-state index contributed by atoms with van der Waals surface area (Å²) in [5.74, 6) is 0. The van der Waals surface area contributed by atoms with Gasteiger partial charge in [-0.3, -0.25) is 0 Å². The molecular formula is C12H16F2N2. The number of nitrogens with zero attached hydrogens (tertiary/aromatic N) is 1. The fourth-order valence-corrected chi connectivity index (χ4v) is 2.17. The summed E-state index contributed by atoms with van der Waals surface area (Å²) < 4.78 is 24.9. The molecule has 0 amide bonds. The molecule has 0 spiro atoms. The summed E-state index contributed by atoms with van der Waals surface area (Å²) in [6.45, 7) is 4.01. The van der Waals surface area contributed by atoms with E-state index in [1.807, 2.05) is 12.1 Å². The smallest absolute Gasteiger partial charge is 0.257 e. The summed E-state index contributed by atoms with van der Waals surface area (Å²) in [7, 11) is 0. The van der Waals surface area contributed by atoms with Gasteiger partial charge in [0.2, 0.25) is 0 Å². The Morgan fingerprint density at radius 2 is 2.19 bits per heavy atom. The fourth-order valence-electron chi connectivity index (χ4n) is 2.17. The highest BCUT2D eigenvalue weighted by Crippen LogP contribution is 2.30. The number of anilines is 1. The molecule has 0 fully saturated rings. The second kappa shape index (κ2) is 4.37. The van der Waals surface area contributed by atoms with Crippen LogP contribution in [-0.2, 0) is 6.42 Å². The highest BCUT2D eigenvalue weighted by molar-refractivity contribution is 5.59. The summed E-state index contributed by atoms with van der Waals surface area (Å²) in [6, 6.07) is 4.27. The van der Waals surface area contributed by atoms with Crippen molar-refractivity contribution in [2.75, 3.05) is 18.0 Å². The standard InChI is InChI=1S/C12H16F2N2/c1-2-16-6-5-8-7-9(3-4-10(8)16)11(15)12(13)14/h3-4,7,11-12H,2,5-6,15H2,1H3. The van der Waals surface area contributed by atoms with E-state index in [1.54, 1.807) is 6.07 Å². The van der Waals surface area contributed by atoms with Gasteiger partial charge in [0.25, 0.3) is 6.43 Å². The van der Waals surface area contributed by atoms with Crippen LogP contribution in [0, 0.1) is 0 Å². The van der Waals surface area contributed by atoms with Gasteiger partial charge in [0.15, 0.2) is 0 Å². The van der Waals surface area contributed by atoms with Crippen molar-refractivity contribution in [3.05, 3.63) is 29.3 Å². The normalized spacial score (nSPS) is 16.7. The Bertz CT molecular complexity index is 379. The van der Waals surface area contributed by atoms with Crippen molar-refractivity contribution in [2.45, 2.75) is 25.8 Å². The number of alkyl halides is 2. The number of likely N-dealkylation sites (N-methyl/N-ethyl adjacent to an activating group) is 1. The molecule has 0 saturated carbocycles. The topological polar surface area (TPSA) is 29.3 Å². The Labute approximate surface area is 94.0 Å². The summed E-state index contributed by atoms with van der Waals surface area (Å²) >= 11 is 0. The van der Waals surface area contributed by atoms with Crippen molar-refractivity contribution in [3.63, 3.8) is 0 Å². The molecule has 2 rings (SSSR count). The molecule has 16 heavy (non-hydrogen) atoms. The number of benzene rings is 1. The number of hydrogen-bond donors (Lipinski definition) is 1. The molecule has 1 unspecified atom stereocenters. The van der Waals surface area contributed by atoms with Crippen LogP contribution in [0.15, 0.2) is 18.2 Å². The Morgan fingerprint density at radius 1 is 1.44 bits per heavy atom. The third kappa shape index (κ3) is 1.89. The molecule has 88 valence electrons. The van der Waals surface area contributed by atoms with E-state index in [2.05, 4.69) is 11.8 Å². The zero-order valence-electron chi connectivity index (χ0n) is 9.29. The van der Waals surface area contributed by atoms with Crippen molar-refractivity contribution >= 4 is 5.69 Å². The molecule has 0 aliphatic carbocycles. The van der Waals surface area contributed by atoms with Gasteiger partial charge in [-0.15, -0.1) is 0 Å². The number of hydrogen-bond acceptors (Lipinski definition) is 2. The molecular weight excluding hydrogens is 210 g/mol. The molecule has 1 aliphatic rings. The van der Waals surface area contributed by atoms with E-state index >= 15 is 0 Å². The van der Waals surface area contributed by atoms with Crippen LogP contribution in [0.5, 0.6) is 0 Å². The molecule has 1 heterocycles. The van der Waals surface area contributed by atoms with Gasteiger partial charge in [0.05, 0.1) is 6.04 Å². The molecule has 0 bridgehead atoms. The van der Waals surface area contributed by atoms with Crippen molar-refractivity contribution in [2.24, 2.45) is 5.73 Å². The molecule has 1 aromatic rings. The molecule has 4 heteroatoms. The zero-order valence-corrected chi connectivity index (χ0v) is 9.29. The maximum Gasteiger partial charge on any atom is 0.257 e. The van der Waals surface area contributed by atoms with Crippen molar-refractivity contribution in [1.82, 2.24) is 0 Å². The first kappa shape index (κ1) is 11.3. The molecule has 0 radical (unpaired) electrons. The van der Waals surface area contributed by atoms with Crippen molar-refractivity contribution in [1.29, 1.82) is 0 Å². The maximum absolute atomic E-state index is 12.5. The first-order chi connectivity index (χ1) is 7.63. The summed E-state index contributed by atoms with van der Waals surface area (Å²) in [5, 5.41) is 0. The Kier molecular flexibility index (Phi) is 3.10. The van der Waals surface area contributed by atoms with Crippen LogP contribution in [-0.4, -0.2) is 19.5 Å². The lowest BCUT2D eigenvalue weighted by Crippen LogP contribution is -2.20. The average Bonchev–Trinajstić information content (AvgIpc) is 2.69. The predicted octanol–water partition coefficient (Wildman–Crippen LogP) is 2.33. The Hall–Kier alpha value is -1.16. The van der Waals surface area contributed by atoms with Crippen LogP contribution in [0.2, 0.25) is 0 Å². The summed E-state index contributed by atoms with van der Waals surface area (Å²) in [5.41, 5.74) is 8.26. The number of nitrogens with two attached hydrogens (primary N) is 1. The molecule has 0 aromatic heterocycles. The van der Waals surface area contributed by atoms with E-state index in [0.717, 1.165) is 30.8 Å². The van der Waals surface area contributed by atoms with Crippen molar-refractivity contribution in [3.8, 4) is 0 Å². The first-order valence-electron chi connectivity index (χ1n) is 5.55. The van der Waals surface area contributed by atoms with Gasteiger partial charge in [-0.05, 0) is 30.5 Å². The van der Waals surface area contributed by atoms with E-state index in [0.29, 0.717) is 5.56 Å². The minimum atomic E-state index is -2.50. The highest BCUT2D eigenvalue weighted by Gasteiger charge is 2.22. The third-order valence-electron chi connectivity index (χ3n) is 3.13. The summed E-state index contributed by atoms with van der Waals surface area (Å²) in [4.78, 5) is 2.24. The van der Waals surface area contributed by atoms with E-state index < -0.39 is 12.5 Å². The van der Waals surface area contributed by atoms with Gasteiger partial charge < -0.3 is 10.6 Å². The molecule has 2 N–H and O–H groups in total. The van der Waals surface area contributed by atoms with Crippen LogP contribution in [0.1, 0.15) is 24.1 Å². The largest absolute Gasteiger partial charge is 0.371 e. The maximum atomic E-state index is 12.5. The van der Waals surface area contributed by atoms with Crippen molar-refractivity contribution < 1.29 is 8.78 Å². The Morgan fingerprint density at radius 3 is 2.81 bits per heavy atom. The van der Waals surface area contributed by atoms with Gasteiger partial charge in [-0.1, -0.05) is 12.1 Å². The molecule has 1 aliphatic heterocycles. The van der Waals surface area contributed by atoms with Crippen LogP contribution in [0.4, 0.5) is 14.5 Å². The number of fused-ring (bicyclic) bond motifs is 1. The second-order valence-electron chi connectivity index (χ2n) is 4.08. The molecule has 2 nitrogen and oxygen atoms in total. The third-order valence-corrected chi connectivity index (χ3v) is 3.13. The monoisotopic (exact) mass is 226 g/mol. The minimum absolute atomic E-state index is 0.534. The molecule has 1 atom stereocenters. The zero-order chi connectivity index (χ0) is 11.7. The lowest BCUT2D eigenvalue weighted by atomic mass is 10.0.